The summed E-state index contributed by atoms with van der Waals surface area (Å²) in [5, 5.41) is 0. The highest BCUT2D eigenvalue weighted by molar-refractivity contribution is 14.2. The van der Waals surface area contributed by atoms with Gasteiger partial charge in [0.05, 0.1) is 6.10 Å². The van der Waals surface area contributed by atoms with Gasteiger partial charge in [-0.2, -0.15) is 8.42 Å². The summed E-state index contributed by atoms with van der Waals surface area (Å²) in [6.07, 6.45) is -0.253. The molecule has 0 heterocycles. The molecule has 5 heteroatoms. The lowest BCUT2D eigenvalue weighted by Crippen LogP contribution is -2.04. The van der Waals surface area contributed by atoms with E-state index in [4.69, 9.17) is 0 Å². The summed E-state index contributed by atoms with van der Waals surface area (Å²) in [4.78, 5) is 0. The molecule has 0 aliphatic heterocycles. The molecule has 0 aliphatic carbocycles. The largest absolute Gasteiger partial charge is 0.321 e. The Morgan fingerprint density at radius 3 is 1.88 bits per heavy atom. The third-order valence-corrected chi connectivity index (χ3v) is 1.54. The molecule has 0 atom stereocenters. The highest BCUT2D eigenvalue weighted by Gasteiger charge is 2.05. The van der Waals surface area contributed by atoms with Crippen LogP contribution in [0.4, 0.5) is 0 Å². The van der Waals surface area contributed by atoms with Crippen LogP contribution in [0.15, 0.2) is 0 Å². The summed E-state index contributed by atoms with van der Waals surface area (Å²) in [6, 6.07) is 0. The molecule has 3 nitrogen and oxygen atoms in total. The molecule has 0 N–H and O–H groups in total. The molecule has 0 fully saturated rings. The van der Waals surface area contributed by atoms with Gasteiger partial charge < -0.3 is 0 Å². The number of hydrogen-bond donors (Lipinski definition) is 0. The highest BCUT2D eigenvalue weighted by Crippen LogP contribution is 2.05. The van der Waals surface area contributed by atoms with Crippen LogP contribution in [0, 0.1) is 0 Å². The molecular formula is C3H7IO3S. The SMILES string of the molecule is CC(C)OS(=O)(=O)I. The summed E-state index contributed by atoms with van der Waals surface area (Å²) >= 11 is 1.24. The number of hydrogen-bond acceptors (Lipinski definition) is 3. The van der Waals surface area contributed by atoms with Crippen molar-refractivity contribution in [2.75, 3.05) is 0 Å². The van der Waals surface area contributed by atoms with Gasteiger partial charge in [0.2, 0.25) is 0 Å². The van der Waals surface area contributed by atoms with Crippen LogP contribution in [0.25, 0.3) is 0 Å². The van der Waals surface area contributed by atoms with Crippen molar-refractivity contribution in [3.8, 4) is 0 Å². The van der Waals surface area contributed by atoms with Gasteiger partial charge in [-0.1, -0.05) is 0 Å². The van der Waals surface area contributed by atoms with Crippen LogP contribution < -0.4 is 0 Å². The van der Waals surface area contributed by atoms with Crippen molar-refractivity contribution in [3.63, 3.8) is 0 Å². The summed E-state index contributed by atoms with van der Waals surface area (Å²) in [7, 11) is -3.25. The highest BCUT2D eigenvalue weighted by atomic mass is 127. The van der Waals surface area contributed by atoms with Crippen molar-refractivity contribution < 1.29 is 12.6 Å². The third-order valence-electron chi connectivity index (χ3n) is 0.307. The van der Waals surface area contributed by atoms with Crippen molar-refractivity contribution in [2.24, 2.45) is 0 Å². The standard InChI is InChI=1S/C3H7IO3S/c1-3(2)7-8(4,5)6/h3H,1-2H3. The van der Waals surface area contributed by atoms with Crippen LogP contribution in [-0.4, -0.2) is 14.5 Å². The van der Waals surface area contributed by atoms with E-state index < -0.39 is 7.29 Å². The zero-order valence-corrected chi connectivity index (χ0v) is 7.56. The molecule has 0 radical (unpaired) electrons. The Labute approximate surface area is 61.1 Å². The van der Waals surface area contributed by atoms with E-state index in [1.165, 1.54) is 21.2 Å². The monoisotopic (exact) mass is 250 g/mol. The quantitative estimate of drug-likeness (QED) is 0.544. The van der Waals surface area contributed by atoms with Gasteiger partial charge in [-0.05, 0) is 13.8 Å². The van der Waals surface area contributed by atoms with E-state index in [9.17, 15) is 8.42 Å². The maximum atomic E-state index is 10.2. The minimum atomic E-state index is -3.25. The van der Waals surface area contributed by atoms with Gasteiger partial charge in [-0.15, -0.1) is 0 Å². The molecule has 0 aromatic carbocycles. The van der Waals surface area contributed by atoms with Crippen molar-refractivity contribution in [1.29, 1.82) is 0 Å². The lowest BCUT2D eigenvalue weighted by atomic mass is 10.5. The first-order valence-electron chi connectivity index (χ1n) is 2.04. The summed E-state index contributed by atoms with van der Waals surface area (Å²) < 4.78 is 24.8. The molecular weight excluding hydrogens is 243 g/mol. The van der Waals surface area contributed by atoms with E-state index in [0.29, 0.717) is 0 Å². The third kappa shape index (κ3) is 6.64. The maximum Gasteiger partial charge on any atom is 0.321 e. The van der Waals surface area contributed by atoms with E-state index in [0.717, 1.165) is 0 Å². The molecule has 0 bridgehead atoms. The topological polar surface area (TPSA) is 43.4 Å². The molecule has 0 aliphatic rings. The fraction of sp³-hybridized carbons (Fsp3) is 1.00. The molecule has 0 saturated heterocycles. The second kappa shape index (κ2) is 2.98. The molecule has 0 aromatic heterocycles. The lowest BCUT2D eigenvalue weighted by molar-refractivity contribution is 0.259. The van der Waals surface area contributed by atoms with Crippen molar-refractivity contribution >= 4 is 28.5 Å². The van der Waals surface area contributed by atoms with Crippen molar-refractivity contribution in [3.05, 3.63) is 0 Å². The zero-order valence-electron chi connectivity index (χ0n) is 4.59. The van der Waals surface area contributed by atoms with Gasteiger partial charge in [0.1, 0.15) is 21.2 Å². The van der Waals surface area contributed by atoms with Gasteiger partial charge in [-0.3, -0.25) is 4.18 Å². The average Bonchev–Trinajstić information content (AvgIpc) is 1.21. The lowest BCUT2D eigenvalue weighted by Gasteiger charge is -1.99. The van der Waals surface area contributed by atoms with Gasteiger partial charge in [-0.25, -0.2) is 0 Å². The normalized spacial score (nSPS) is 12.5. The molecule has 8 heavy (non-hydrogen) atoms. The maximum absolute atomic E-state index is 10.2. The number of rotatable bonds is 2. The second-order valence-corrected chi connectivity index (χ2v) is 5.75. The molecule has 0 amide bonds. The first-order chi connectivity index (χ1) is 3.42. The molecule has 50 valence electrons. The van der Waals surface area contributed by atoms with Crippen LogP contribution in [-0.2, 0) is 11.5 Å². The minimum Gasteiger partial charge on any atom is -0.260 e. The van der Waals surface area contributed by atoms with Crippen LogP contribution in [0.3, 0.4) is 0 Å². The Morgan fingerprint density at radius 2 is 1.88 bits per heavy atom. The molecule has 0 saturated carbocycles. The Balaban J connectivity index is 3.75. The number of halogens is 1. The van der Waals surface area contributed by atoms with Crippen LogP contribution >= 0.6 is 21.2 Å². The second-order valence-electron chi connectivity index (χ2n) is 1.54. The fourth-order valence-corrected chi connectivity index (χ4v) is 1.94. The smallest absolute Gasteiger partial charge is 0.260 e. The van der Waals surface area contributed by atoms with E-state index >= 15 is 0 Å². The van der Waals surface area contributed by atoms with E-state index in [2.05, 4.69) is 4.18 Å². The van der Waals surface area contributed by atoms with Crippen molar-refractivity contribution in [1.82, 2.24) is 0 Å². The minimum absolute atomic E-state index is 0.253. The molecule has 0 unspecified atom stereocenters. The van der Waals surface area contributed by atoms with E-state index in [1.807, 2.05) is 0 Å². The molecule has 0 rings (SSSR count). The van der Waals surface area contributed by atoms with Gasteiger partial charge in [0, 0.05) is 0 Å². The summed E-state index contributed by atoms with van der Waals surface area (Å²) in [6.45, 7) is 3.33. The van der Waals surface area contributed by atoms with E-state index in [-0.39, 0.29) is 6.10 Å². The Hall–Kier alpha value is 0.640. The van der Waals surface area contributed by atoms with Crippen LogP contribution in [0.2, 0.25) is 0 Å². The Bertz CT molecular complexity index is 148. The van der Waals surface area contributed by atoms with Gasteiger partial charge >= 0.3 is 7.29 Å². The predicted octanol–water partition coefficient (Wildman–Crippen LogP) is 1.09. The van der Waals surface area contributed by atoms with Crippen molar-refractivity contribution in [2.45, 2.75) is 20.0 Å². The molecule has 0 spiro atoms. The fourth-order valence-electron chi connectivity index (χ4n) is 0.230. The summed E-state index contributed by atoms with van der Waals surface area (Å²) in [5.41, 5.74) is 0. The Morgan fingerprint density at radius 1 is 1.50 bits per heavy atom. The first kappa shape index (κ1) is 8.64. The average molecular weight is 250 g/mol. The van der Waals surface area contributed by atoms with Crippen LogP contribution in [0.1, 0.15) is 13.8 Å². The van der Waals surface area contributed by atoms with Gasteiger partial charge in [0.15, 0.2) is 0 Å². The molecule has 0 aromatic rings. The zero-order chi connectivity index (χ0) is 6.78. The van der Waals surface area contributed by atoms with E-state index in [1.54, 1.807) is 13.8 Å². The summed E-state index contributed by atoms with van der Waals surface area (Å²) in [5.74, 6) is 0. The first-order valence-corrected chi connectivity index (χ1v) is 6.00. The van der Waals surface area contributed by atoms with Crippen LogP contribution in [0.5, 0.6) is 0 Å². The Kier molecular flexibility index (Phi) is 3.21. The predicted molar refractivity (Wildman–Crippen MR) is 39.2 cm³/mol. The van der Waals surface area contributed by atoms with Gasteiger partial charge in [0.25, 0.3) is 0 Å².